The van der Waals surface area contributed by atoms with Crippen LogP contribution in [0.1, 0.15) is 71.3 Å². The molecule has 120 valence electrons. The third-order valence-corrected chi connectivity index (χ3v) is 4.13. The molecule has 0 aliphatic heterocycles. The first-order valence-corrected chi connectivity index (χ1v) is 8.74. The first kappa shape index (κ1) is 18.0. The van der Waals surface area contributed by atoms with Crippen LogP contribution in [0.5, 0.6) is 0 Å². The molecule has 2 nitrogen and oxygen atoms in total. The standard InChI is InChI=1S/C19H34N2/c1-4-5-6-7-8-9-10-15-21(17(2)3)19-13-11-18(16-20)12-14-19/h11-14,17H,4-10,15-16,20H2,1-3H3. The summed E-state index contributed by atoms with van der Waals surface area (Å²) in [6.07, 6.45) is 9.58. The van der Waals surface area contributed by atoms with Crippen LogP contribution in [0.25, 0.3) is 0 Å². The third-order valence-electron chi connectivity index (χ3n) is 4.13. The molecule has 0 amide bonds. The Morgan fingerprint density at radius 1 is 0.905 bits per heavy atom. The van der Waals surface area contributed by atoms with E-state index in [0.29, 0.717) is 12.6 Å². The van der Waals surface area contributed by atoms with Gasteiger partial charge in [-0.2, -0.15) is 0 Å². The van der Waals surface area contributed by atoms with Gasteiger partial charge in [0.15, 0.2) is 0 Å². The van der Waals surface area contributed by atoms with Gasteiger partial charge >= 0.3 is 0 Å². The van der Waals surface area contributed by atoms with Crippen molar-refractivity contribution in [1.29, 1.82) is 0 Å². The lowest BCUT2D eigenvalue weighted by Crippen LogP contribution is -2.31. The molecule has 0 bridgehead atoms. The van der Waals surface area contributed by atoms with Gasteiger partial charge in [0, 0.05) is 24.8 Å². The molecule has 0 radical (unpaired) electrons. The van der Waals surface area contributed by atoms with Gasteiger partial charge in [0.05, 0.1) is 0 Å². The zero-order chi connectivity index (χ0) is 15.5. The maximum atomic E-state index is 5.67. The van der Waals surface area contributed by atoms with E-state index in [-0.39, 0.29) is 0 Å². The van der Waals surface area contributed by atoms with Gasteiger partial charge in [-0.1, -0.05) is 57.6 Å². The minimum Gasteiger partial charge on any atom is -0.369 e. The molecule has 0 aromatic heterocycles. The lowest BCUT2D eigenvalue weighted by atomic mass is 10.1. The fourth-order valence-corrected chi connectivity index (χ4v) is 2.75. The van der Waals surface area contributed by atoms with Gasteiger partial charge in [0.2, 0.25) is 0 Å². The molecule has 2 N–H and O–H groups in total. The Kier molecular flexibility index (Phi) is 9.16. The zero-order valence-corrected chi connectivity index (χ0v) is 14.3. The van der Waals surface area contributed by atoms with Crippen molar-refractivity contribution in [2.45, 2.75) is 78.3 Å². The van der Waals surface area contributed by atoms with Crippen LogP contribution in [-0.4, -0.2) is 12.6 Å². The molecule has 0 unspecified atom stereocenters. The largest absolute Gasteiger partial charge is 0.369 e. The van der Waals surface area contributed by atoms with Crippen molar-refractivity contribution in [2.24, 2.45) is 5.73 Å². The van der Waals surface area contributed by atoms with Gasteiger partial charge < -0.3 is 10.6 Å². The Balaban J connectivity index is 2.36. The van der Waals surface area contributed by atoms with Crippen molar-refractivity contribution >= 4 is 5.69 Å². The fourth-order valence-electron chi connectivity index (χ4n) is 2.75. The number of nitrogens with two attached hydrogens (primary N) is 1. The molecular weight excluding hydrogens is 256 g/mol. The maximum Gasteiger partial charge on any atom is 0.0368 e. The molecule has 2 heteroatoms. The lowest BCUT2D eigenvalue weighted by molar-refractivity contribution is 0.570. The monoisotopic (exact) mass is 290 g/mol. The molecule has 0 spiro atoms. The van der Waals surface area contributed by atoms with Crippen LogP contribution in [0.4, 0.5) is 5.69 Å². The van der Waals surface area contributed by atoms with E-state index in [9.17, 15) is 0 Å². The van der Waals surface area contributed by atoms with Crippen LogP contribution < -0.4 is 10.6 Å². The second-order valence-corrected chi connectivity index (χ2v) is 6.28. The van der Waals surface area contributed by atoms with E-state index < -0.39 is 0 Å². The number of hydrogen-bond donors (Lipinski definition) is 1. The molecule has 0 saturated carbocycles. The summed E-state index contributed by atoms with van der Waals surface area (Å²) in [5.74, 6) is 0. The molecule has 1 aromatic rings. The first-order chi connectivity index (χ1) is 10.2. The fraction of sp³-hybridized carbons (Fsp3) is 0.684. The quantitative estimate of drug-likeness (QED) is 0.574. The van der Waals surface area contributed by atoms with Crippen LogP contribution in [-0.2, 0) is 6.54 Å². The SMILES string of the molecule is CCCCCCCCCN(c1ccc(CN)cc1)C(C)C. The predicted molar refractivity (Wildman–Crippen MR) is 94.8 cm³/mol. The van der Waals surface area contributed by atoms with Gasteiger partial charge in [-0.05, 0) is 38.0 Å². The summed E-state index contributed by atoms with van der Waals surface area (Å²) in [5.41, 5.74) is 8.20. The smallest absolute Gasteiger partial charge is 0.0368 e. The number of benzene rings is 1. The lowest BCUT2D eigenvalue weighted by Gasteiger charge is -2.29. The molecule has 1 aromatic carbocycles. The number of hydrogen-bond acceptors (Lipinski definition) is 2. The van der Waals surface area contributed by atoms with Crippen molar-refractivity contribution in [1.82, 2.24) is 0 Å². The molecule has 0 atom stereocenters. The number of anilines is 1. The Bertz CT molecular complexity index is 356. The molecule has 0 fully saturated rings. The predicted octanol–water partition coefficient (Wildman–Crippen LogP) is 5.11. The maximum absolute atomic E-state index is 5.67. The Labute approximate surface area is 131 Å². The normalized spacial score (nSPS) is 11.1. The Morgan fingerprint density at radius 2 is 1.48 bits per heavy atom. The molecule has 1 rings (SSSR count). The third kappa shape index (κ3) is 6.99. The van der Waals surface area contributed by atoms with E-state index in [0.717, 1.165) is 6.54 Å². The van der Waals surface area contributed by atoms with E-state index >= 15 is 0 Å². The summed E-state index contributed by atoms with van der Waals surface area (Å²) in [6.45, 7) is 8.61. The van der Waals surface area contributed by atoms with Gasteiger partial charge in [-0.15, -0.1) is 0 Å². The molecule has 0 saturated heterocycles. The highest BCUT2D eigenvalue weighted by atomic mass is 15.1. The summed E-state index contributed by atoms with van der Waals surface area (Å²) < 4.78 is 0. The molecule has 0 aliphatic rings. The highest BCUT2D eigenvalue weighted by molar-refractivity contribution is 5.48. The minimum absolute atomic E-state index is 0.550. The Morgan fingerprint density at radius 3 is 2.00 bits per heavy atom. The van der Waals surface area contributed by atoms with Gasteiger partial charge in [0.25, 0.3) is 0 Å². The average Bonchev–Trinajstić information content (AvgIpc) is 2.50. The summed E-state index contributed by atoms with van der Waals surface area (Å²) in [6, 6.07) is 9.27. The van der Waals surface area contributed by atoms with Gasteiger partial charge in [-0.25, -0.2) is 0 Å². The van der Waals surface area contributed by atoms with E-state index in [1.807, 2.05) is 0 Å². The highest BCUT2D eigenvalue weighted by Gasteiger charge is 2.09. The van der Waals surface area contributed by atoms with Crippen LogP contribution in [0.2, 0.25) is 0 Å². The second kappa shape index (κ2) is 10.7. The Hall–Kier alpha value is -1.02. The first-order valence-electron chi connectivity index (χ1n) is 8.74. The summed E-state index contributed by atoms with van der Waals surface area (Å²) in [4.78, 5) is 2.51. The highest BCUT2D eigenvalue weighted by Crippen LogP contribution is 2.19. The molecule has 21 heavy (non-hydrogen) atoms. The van der Waals surface area contributed by atoms with E-state index in [1.165, 1.54) is 56.2 Å². The van der Waals surface area contributed by atoms with Crippen molar-refractivity contribution in [2.75, 3.05) is 11.4 Å². The summed E-state index contributed by atoms with van der Waals surface area (Å²) >= 11 is 0. The number of nitrogens with zero attached hydrogens (tertiary/aromatic N) is 1. The van der Waals surface area contributed by atoms with Crippen LogP contribution >= 0.6 is 0 Å². The summed E-state index contributed by atoms with van der Waals surface area (Å²) in [5, 5.41) is 0. The van der Waals surface area contributed by atoms with Crippen LogP contribution in [0, 0.1) is 0 Å². The molecule has 0 heterocycles. The van der Waals surface area contributed by atoms with E-state index in [2.05, 4.69) is 49.9 Å². The number of rotatable bonds is 11. The van der Waals surface area contributed by atoms with E-state index in [4.69, 9.17) is 5.73 Å². The van der Waals surface area contributed by atoms with Crippen LogP contribution in [0.15, 0.2) is 24.3 Å². The van der Waals surface area contributed by atoms with Gasteiger partial charge in [-0.3, -0.25) is 0 Å². The topological polar surface area (TPSA) is 29.3 Å². The van der Waals surface area contributed by atoms with Crippen molar-refractivity contribution in [3.05, 3.63) is 29.8 Å². The molecular formula is C19H34N2. The van der Waals surface area contributed by atoms with Crippen molar-refractivity contribution in [3.63, 3.8) is 0 Å². The van der Waals surface area contributed by atoms with Crippen LogP contribution in [0.3, 0.4) is 0 Å². The average molecular weight is 290 g/mol. The summed E-state index contributed by atoms with van der Waals surface area (Å²) in [7, 11) is 0. The molecule has 0 aliphatic carbocycles. The van der Waals surface area contributed by atoms with Crippen molar-refractivity contribution < 1.29 is 0 Å². The van der Waals surface area contributed by atoms with E-state index in [1.54, 1.807) is 0 Å². The van der Waals surface area contributed by atoms with Crippen molar-refractivity contribution in [3.8, 4) is 0 Å². The number of unbranched alkanes of at least 4 members (excludes halogenated alkanes) is 6. The zero-order valence-electron chi connectivity index (χ0n) is 14.3. The second-order valence-electron chi connectivity index (χ2n) is 6.28. The van der Waals surface area contributed by atoms with Gasteiger partial charge in [0.1, 0.15) is 0 Å². The minimum atomic E-state index is 0.550.